The van der Waals surface area contributed by atoms with Gasteiger partial charge in [0.1, 0.15) is 0 Å². The number of aromatic nitrogens is 2. The first kappa shape index (κ1) is 9.26. The predicted octanol–water partition coefficient (Wildman–Crippen LogP) is 1.63. The molecular formula is C8H11ClN2O. The van der Waals surface area contributed by atoms with Crippen molar-refractivity contribution in [2.75, 3.05) is 5.88 Å². The molecule has 3 nitrogen and oxygen atoms in total. The number of hydrogen-bond acceptors (Lipinski definition) is 2. The van der Waals surface area contributed by atoms with Crippen LogP contribution in [-0.2, 0) is 6.54 Å². The Morgan fingerprint density at radius 3 is 2.83 bits per heavy atom. The fourth-order valence-corrected chi connectivity index (χ4v) is 1.17. The molecule has 66 valence electrons. The van der Waals surface area contributed by atoms with Gasteiger partial charge in [0.2, 0.25) is 0 Å². The van der Waals surface area contributed by atoms with Crippen LogP contribution in [0.2, 0.25) is 0 Å². The lowest BCUT2D eigenvalue weighted by Gasteiger charge is -1.90. The van der Waals surface area contributed by atoms with Gasteiger partial charge in [-0.1, -0.05) is 0 Å². The normalized spacial score (nSPS) is 10.2. The fraction of sp³-hybridized carbons (Fsp3) is 0.500. The smallest absolute Gasteiger partial charge is 0.181 e. The molecule has 12 heavy (non-hydrogen) atoms. The molecule has 0 unspecified atom stereocenters. The summed E-state index contributed by atoms with van der Waals surface area (Å²) in [5.74, 6) is -0.0372. The minimum absolute atomic E-state index is 0.0241. The number of halogens is 1. The third-order valence-electron chi connectivity index (χ3n) is 1.69. The highest BCUT2D eigenvalue weighted by atomic mass is 35.5. The minimum Gasteiger partial charge on any atom is -0.293 e. The summed E-state index contributed by atoms with van der Waals surface area (Å²) in [5, 5.41) is 4.14. The van der Waals surface area contributed by atoms with Crippen molar-refractivity contribution in [2.45, 2.75) is 20.4 Å². The maximum Gasteiger partial charge on any atom is 0.181 e. The molecular weight excluding hydrogens is 176 g/mol. The van der Waals surface area contributed by atoms with E-state index in [0.29, 0.717) is 5.56 Å². The number of aryl methyl sites for hydroxylation is 2. The summed E-state index contributed by atoms with van der Waals surface area (Å²) < 4.78 is 1.73. The number of Topliss-reactive ketones (excluding diaryl/α,β-unsaturated/α-hetero) is 1. The van der Waals surface area contributed by atoms with Crippen molar-refractivity contribution < 1.29 is 4.79 Å². The van der Waals surface area contributed by atoms with Crippen LogP contribution in [0.4, 0.5) is 0 Å². The molecule has 0 saturated carbocycles. The van der Waals surface area contributed by atoms with Crippen molar-refractivity contribution in [1.82, 2.24) is 9.78 Å². The number of alkyl halides is 1. The number of hydrogen-bond donors (Lipinski definition) is 0. The molecule has 0 amide bonds. The first-order chi connectivity index (χ1) is 5.69. The Hall–Kier alpha value is -0.830. The van der Waals surface area contributed by atoms with E-state index in [0.717, 1.165) is 12.2 Å². The maximum absolute atomic E-state index is 11.2. The molecule has 0 aliphatic carbocycles. The molecule has 1 aromatic rings. The monoisotopic (exact) mass is 186 g/mol. The predicted molar refractivity (Wildman–Crippen MR) is 47.7 cm³/mol. The van der Waals surface area contributed by atoms with E-state index in [1.54, 1.807) is 10.9 Å². The minimum atomic E-state index is -0.0612. The van der Waals surface area contributed by atoms with E-state index in [4.69, 9.17) is 11.6 Å². The van der Waals surface area contributed by atoms with Gasteiger partial charge < -0.3 is 0 Å². The van der Waals surface area contributed by atoms with Gasteiger partial charge in [-0.25, -0.2) is 0 Å². The number of carbonyl (C=O) groups is 1. The van der Waals surface area contributed by atoms with Crippen molar-refractivity contribution in [3.05, 3.63) is 17.5 Å². The lowest BCUT2D eigenvalue weighted by atomic mass is 10.2. The second kappa shape index (κ2) is 3.72. The molecule has 0 aromatic carbocycles. The molecule has 0 radical (unpaired) electrons. The topological polar surface area (TPSA) is 34.9 Å². The van der Waals surface area contributed by atoms with Gasteiger partial charge >= 0.3 is 0 Å². The number of nitrogens with zero attached hydrogens (tertiary/aromatic N) is 2. The van der Waals surface area contributed by atoms with Crippen LogP contribution in [0.3, 0.4) is 0 Å². The van der Waals surface area contributed by atoms with Crippen LogP contribution in [0.25, 0.3) is 0 Å². The van der Waals surface area contributed by atoms with Crippen LogP contribution in [-0.4, -0.2) is 21.4 Å². The van der Waals surface area contributed by atoms with E-state index in [-0.39, 0.29) is 11.7 Å². The van der Waals surface area contributed by atoms with Gasteiger partial charge in [0.15, 0.2) is 5.78 Å². The molecule has 0 saturated heterocycles. The zero-order valence-corrected chi connectivity index (χ0v) is 7.93. The Balaban J connectivity index is 2.99. The van der Waals surface area contributed by atoms with Crippen molar-refractivity contribution in [2.24, 2.45) is 0 Å². The quantitative estimate of drug-likeness (QED) is 0.531. The standard InChI is InChI=1S/C8H11ClN2O/c1-3-11-5-7(6(2)10-11)8(12)4-9/h5H,3-4H2,1-2H3. The van der Waals surface area contributed by atoms with Crippen LogP contribution in [0.1, 0.15) is 23.0 Å². The summed E-state index contributed by atoms with van der Waals surface area (Å²) in [4.78, 5) is 11.2. The molecule has 0 N–H and O–H groups in total. The Bertz CT molecular complexity index is 293. The van der Waals surface area contributed by atoms with Crippen LogP contribution >= 0.6 is 11.6 Å². The van der Waals surface area contributed by atoms with Crippen LogP contribution in [0.15, 0.2) is 6.20 Å². The van der Waals surface area contributed by atoms with E-state index in [2.05, 4.69) is 5.10 Å². The van der Waals surface area contributed by atoms with E-state index in [9.17, 15) is 4.79 Å². The molecule has 1 heterocycles. The third kappa shape index (κ3) is 1.67. The lowest BCUT2D eigenvalue weighted by Crippen LogP contribution is -2.00. The van der Waals surface area contributed by atoms with Gasteiger partial charge in [0.25, 0.3) is 0 Å². The van der Waals surface area contributed by atoms with Crippen LogP contribution in [0.5, 0.6) is 0 Å². The van der Waals surface area contributed by atoms with Gasteiger partial charge in [-0.3, -0.25) is 9.48 Å². The van der Waals surface area contributed by atoms with E-state index < -0.39 is 0 Å². The summed E-state index contributed by atoms with van der Waals surface area (Å²) in [5.41, 5.74) is 1.38. The SMILES string of the molecule is CCn1cc(C(=O)CCl)c(C)n1. The van der Waals surface area contributed by atoms with Crippen molar-refractivity contribution in [3.8, 4) is 0 Å². The average Bonchev–Trinajstić information content (AvgIpc) is 2.45. The first-order valence-corrected chi connectivity index (χ1v) is 4.35. The Morgan fingerprint density at radius 2 is 2.42 bits per heavy atom. The number of carbonyl (C=O) groups excluding carboxylic acids is 1. The molecule has 0 atom stereocenters. The van der Waals surface area contributed by atoms with Gasteiger partial charge in [-0.2, -0.15) is 5.10 Å². The largest absolute Gasteiger partial charge is 0.293 e. The van der Waals surface area contributed by atoms with Crippen LogP contribution < -0.4 is 0 Å². The Kier molecular flexibility index (Phi) is 2.87. The van der Waals surface area contributed by atoms with E-state index >= 15 is 0 Å². The second-order valence-electron chi connectivity index (χ2n) is 2.54. The zero-order valence-electron chi connectivity index (χ0n) is 7.17. The lowest BCUT2D eigenvalue weighted by molar-refractivity contribution is 0.102. The highest BCUT2D eigenvalue weighted by molar-refractivity contribution is 6.30. The van der Waals surface area contributed by atoms with E-state index in [1.165, 1.54) is 0 Å². The Labute approximate surface area is 76.3 Å². The summed E-state index contributed by atoms with van der Waals surface area (Å²) >= 11 is 5.42. The number of ketones is 1. The second-order valence-corrected chi connectivity index (χ2v) is 2.81. The highest BCUT2D eigenvalue weighted by Gasteiger charge is 2.10. The third-order valence-corrected chi connectivity index (χ3v) is 1.93. The van der Waals surface area contributed by atoms with E-state index in [1.807, 2.05) is 13.8 Å². The van der Waals surface area contributed by atoms with Gasteiger partial charge in [-0.15, -0.1) is 11.6 Å². The van der Waals surface area contributed by atoms with Crippen molar-refractivity contribution in [3.63, 3.8) is 0 Å². The molecule has 0 fully saturated rings. The molecule has 1 aromatic heterocycles. The molecule has 1 rings (SSSR count). The summed E-state index contributed by atoms with van der Waals surface area (Å²) in [6, 6.07) is 0. The molecule has 0 bridgehead atoms. The van der Waals surface area contributed by atoms with Gasteiger partial charge in [-0.05, 0) is 13.8 Å². The zero-order chi connectivity index (χ0) is 9.14. The molecule has 4 heteroatoms. The number of rotatable bonds is 3. The van der Waals surface area contributed by atoms with Crippen molar-refractivity contribution >= 4 is 17.4 Å². The summed E-state index contributed by atoms with van der Waals surface area (Å²) in [7, 11) is 0. The Morgan fingerprint density at radius 1 is 1.75 bits per heavy atom. The van der Waals surface area contributed by atoms with Gasteiger partial charge in [0.05, 0.1) is 17.1 Å². The summed E-state index contributed by atoms with van der Waals surface area (Å²) in [6.07, 6.45) is 1.74. The molecule has 0 aliphatic rings. The average molecular weight is 187 g/mol. The fourth-order valence-electron chi connectivity index (χ4n) is 1.03. The summed E-state index contributed by atoms with van der Waals surface area (Å²) in [6.45, 7) is 4.56. The molecule has 0 aliphatic heterocycles. The van der Waals surface area contributed by atoms with Crippen molar-refractivity contribution in [1.29, 1.82) is 0 Å². The van der Waals surface area contributed by atoms with Gasteiger partial charge in [0, 0.05) is 12.7 Å². The highest BCUT2D eigenvalue weighted by Crippen LogP contribution is 2.07. The molecule has 0 spiro atoms. The first-order valence-electron chi connectivity index (χ1n) is 3.82. The maximum atomic E-state index is 11.2. The van der Waals surface area contributed by atoms with Crippen LogP contribution in [0, 0.1) is 6.92 Å².